The Labute approximate surface area is 114 Å². The molecule has 104 valence electrons. The number of hydrogen-bond donors (Lipinski definition) is 2. The fourth-order valence-electron chi connectivity index (χ4n) is 2.57. The van der Waals surface area contributed by atoms with Crippen LogP contribution in [0.1, 0.15) is 28.9 Å². The molecule has 0 aromatic carbocycles. The molecule has 2 N–H and O–H groups in total. The predicted molar refractivity (Wildman–Crippen MR) is 70.3 cm³/mol. The highest BCUT2D eigenvalue weighted by molar-refractivity contribution is 5.99. The molecule has 1 atom stereocenters. The van der Waals surface area contributed by atoms with Crippen LogP contribution in [0.5, 0.6) is 0 Å². The van der Waals surface area contributed by atoms with Gasteiger partial charge in [-0.1, -0.05) is 0 Å². The van der Waals surface area contributed by atoms with E-state index in [-0.39, 0.29) is 5.91 Å². The van der Waals surface area contributed by atoms with Gasteiger partial charge in [-0.05, 0) is 25.8 Å². The zero-order valence-corrected chi connectivity index (χ0v) is 11.0. The van der Waals surface area contributed by atoms with Crippen molar-refractivity contribution in [3.05, 3.63) is 23.5 Å². The second-order valence-corrected chi connectivity index (χ2v) is 4.94. The fourth-order valence-corrected chi connectivity index (χ4v) is 2.57. The van der Waals surface area contributed by atoms with Crippen molar-refractivity contribution in [1.82, 2.24) is 20.1 Å². The lowest BCUT2D eigenvalue weighted by Gasteiger charge is -2.21. The number of aromatic amines is 1. The molecule has 20 heavy (non-hydrogen) atoms. The Morgan fingerprint density at radius 1 is 1.50 bits per heavy atom. The van der Waals surface area contributed by atoms with Gasteiger partial charge in [0.25, 0.3) is 5.91 Å². The van der Waals surface area contributed by atoms with Crippen LogP contribution in [0.15, 0.2) is 12.3 Å². The minimum atomic E-state index is -0.954. The highest BCUT2D eigenvalue weighted by atomic mass is 16.4. The zero-order chi connectivity index (χ0) is 14.3. The molecular weight excluding hydrogens is 260 g/mol. The van der Waals surface area contributed by atoms with Crippen molar-refractivity contribution in [2.24, 2.45) is 0 Å². The Kier molecular flexibility index (Phi) is 2.89. The van der Waals surface area contributed by atoms with E-state index in [4.69, 9.17) is 5.11 Å². The van der Waals surface area contributed by atoms with Gasteiger partial charge in [-0.25, -0.2) is 9.78 Å². The number of aliphatic carboxylic acids is 1. The summed E-state index contributed by atoms with van der Waals surface area (Å²) >= 11 is 0. The number of pyridine rings is 1. The minimum absolute atomic E-state index is 0.287. The lowest BCUT2D eigenvalue weighted by Crippen LogP contribution is -2.40. The number of aromatic nitrogens is 3. The zero-order valence-electron chi connectivity index (χ0n) is 11.0. The van der Waals surface area contributed by atoms with Gasteiger partial charge in [0.1, 0.15) is 6.04 Å². The molecule has 1 aliphatic heterocycles. The van der Waals surface area contributed by atoms with Crippen LogP contribution in [0, 0.1) is 6.92 Å². The van der Waals surface area contributed by atoms with Crippen molar-refractivity contribution in [2.45, 2.75) is 25.8 Å². The molecule has 1 aliphatic rings. The lowest BCUT2D eigenvalue weighted by molar-refractivity contribution is -0.141. The van der Waals surface area contributed by atoms with Crippen molar-refractivity contribution in [2.75, 3.05) is 6.54 Å². The third kappa shape index (κ3) is 1.91. The molecule has 7 nitrogen and oxygen atoms in total. The van der Waals surface area contributed by atoms with Crippen molar-refractivity contribution < 1.29 is 14.7 Å². The Morgan fingerprint density at radius 2 is 2.30 bits per heavy atom. The molecule has 0 unspecified atom stereocenters. The summed E-state index contributed by atoms with van der Waals surface area (Å²) < 4.78 is 0. The van der Waals surface area contributed by atoms with E-state index in [9.17, 15) is 9.59 Å². The predicted octanol–water partition coefficient (Wildman–Crippen LogP) is 0.956. The van der Waals surface area contributed by atoms with Gasteiger partial charge in [-0.3, -0.25) is 9.89 Å². The number of nitrogens with one attached hydrogen (secondary N) is 1. The molecular formula is C13H14N4O3. The first kappa shape index (κ1) is 12.6. The number of hydrogen-bond acceptors (Lipinski definition) is 4. The first-order valence-corrected chi connectivity index (χ1v) is 6.42. The average Bonchev–Trinajstić information content (AvgIpc) is 3.05. The quantitative estimate of drug-likeness (QED) is 0.849. The molecule has 1 amide bonds. The maximum Gasteiger partial charge on any atom is 0.326 e. The van der Waals surface area contributed by atoms with Crippen LogP contribution in [0.4, 0.5) is 0 Å². The first-order valence-electron chi connectivity index (χ1n) is 6.42. The molecule has 3 heterocycles. The van der Waals surface area contributed by atoms with Crippen molar-refractivity contribution >= 4 is 22.9 Å². The molecule has 1 saturated heterocycles. The molecule has 1 fully saturated rings. The normalized spacial score (nSPS) is 18.6. The Hall–Kier alpha value is -2.44. The fraction of sp³-hybridized carbons (Fsp3) is 0.385. The second-order valence-electron chi connectivity index (χ2n) is 4.94. The highest BCUT2D eigenvalue weighted by Crippen LogP contribution is 2.22. The number of fused-ring (bicyclic) bond motifs is 1. The summed E-state index contributed by atoms with van der Waals surface area (Å²) in [7, 11) is 0. The maximum absolute atomic E-state index is 12.4. The van der Waals surface area contributed by atoms with E-state index in [0.717, 1.165) is 11.1 Å². The number of H-pyrrole nitrogens is 1. The number of amides is 1. The Balaban J connectivity index is 1.95. The molecule has 0 aliphatic carbocycles. The number of carbonyl (C=O) groups excluding carboxylic acids is 1. The largest absolute Gasteiger partial charge is 0.480 e. The summed E-state index contributed by atoms with van der Waals surface area (Å²) in [5, 5.41) is 16.7. The van der Waals surface area contributed by atoms with Crippen LogP contribution in [0.2, 0.25) is 0 Å². The molecule has 7 heteroatoms. The van der Waals surface area contributed by atoms with Gasteiger partial charge in [0.15, 0.2) is 5.65 Å². The van der Waals surface area contributed by atoms with E-state index in [1.54, 1.807) is 6.07 Å². The number of rotatable bonds is 2. The van der Waals surface area contributed by atoms with Gasteiger partial charge in [-0.2, -0.15) is 5.10 Å². The number of carbonyl (C=O) groups is 2. The summed E-state index contributed by atoms with van der Waals surface area (Å²) in [4.78, 5) is 29.1. The summed E-state index contributed by atoms with van der Waals surface area (Å²) in [6.07, 6.45) is 2.66. The lowest BCUT2D eigenvalue weighted by atomic mass is 10.1. The molecule has 2 aromatic rings. The van der Waals surface area contributed by atoms with Crippen LogP contribution in [0.3, 0.4) is 0 Å². The maximum atomic E-state index is 12.4. The summed E-state index contributed by atoms with van der Waals surface area (Å²) in [5.41, 5.74) is 1.78. The number of likely N-dealkylation sites (tertiary alicyclic amines) is 1. The third-order valence-electron chi connectivity index (χ3n) is 3.65. The van der Waals surface area contributed by atoms with Gasteiger partial charge in [-0.15, -0.1) is 0 Å². The number of aryl methyl sites for hydroxylation is 1. The van der Waals surface area contributed by atoms with Gasteiger partial charge < -0.3 is 10.0 Å². The molecule has 2 aromatic heterocycles. The van der Waals surface area contributed by atoms with Crippen LogP contribution in [-0.4, -0.2) is 49.7 Å². The van der Waals surface area contributed by atoms with Crippen LogP contribution < -0.4 is 0 Å². The Morgan fingerprint density at radius 3 is 3.05 bits per heavy atom. The standard InChI is InChI=1S/C13H14N4O3/c1-7-9-5-8(6-14-11(9)16-15-7)12(18)17-4-2-3-10(17)13(19)20/h5-6,10H,2-4H2,1H3,(H,19,20)(H,14,15,16)/t10-/m0/s1. The Bertz CT molecular complexity index is 694. The summed E-state index contributed by atoms with van der Waals surface area (Å²) in [5.74, 6) is -1.24. The molecule has 0 saturated carbocycles. The molecule has 3 rings (SSSR count). The van der Waals surface area contributed by atoms with Crippen LogP contribution >= 0.6 is 0 Å². The van der Waals surface area contributed by atoms with Gasteiger partial charge in [0, 0.05) is 23.8 Å². The van der Waals surface area contributed by atoms with E-state index >= 15 is 0 Å². The topological polar surface area (TPSA) is 99.2 Å². The second kappa shape index (κ2) is 4.59. The van der Waals surface area contributed by atoms with E-state index in [1.165, 1.54) is 11.1 Å². The monoisotopic (exact) mass is 274 g/mol. The smallest absolute Gasteiger partial charge is 0.326 e. The van der Waals surface area contributed by atoms with Gasteiger partial charge in [0.2, 0.25) is 0 Å². The van der Waals surface area contributed by atoms with Crippen LogP contribution in [0.25, 0.3) is 11.0 Å². The van der Waals surface area contributed by atoms with E-state index in [0.29, 0.717) is 30.6 Å². The van der Waals surface area contributed by atoms with E-state index in [2.05, 4.69) is 15.2 Å². The van der Waals surface area contributed by atoms with Crippen molar-refractivity contribution in [3.8, 4) is 0 Å². The SMILES string of the molecule is Cc1[nH]nc2ncc(C(=O)N3CCC[C@H]3C(=O)O)cc12. The van der Waals surface area contributed by atoms with Crippen LogP contribution in [-0.2, 0) is 4.79 Å². The van der Waals surface area contributed by atoms with E-state index in [1.807, 2.05) is 6.92 Å². The third-order valence-corrected chi connectivity index (χ3v) is 3.65. The first-order chi connectivity index (χ1) is 9.58. The number of carboxylic acids is 1. The summed E-state index contributed by atoms with van der Waals surface area (Å²) in [6.45, 7) is 2.32. The average molecular weight is 274 g/mol. The number of nitrogens with zero attached hydrogens (tertiary/aromatic N) is 3. The summed E-state index contributed by atoms with van der Waals surface area (Å²) in [6, 6.07) is 0.976. The number of carboxylic acid groups (broad SMARTS) is 1. The van der Waals surface area contributed by atoms with Crippen molar-refractivity contribution in [1.29, 1.82) is 0 Å². The van der Waals surface area contributed by atoms with Gasteiger partial charge >= 0.3 is 5.97 Å². The van der Waals surface area contributed by atoms with E-state index < -0.39 is 12.0 Å². The molecule has 0 bridgehead atoms. The van der Waals surface area contributed by atoms with Gasteiger partial charge in [0.05, 0.1) is 5.56 Å². The van der Waals surface area contributed by atoms with Crippen molar-refractivity contribution in [3.63, 3.8) is 0 Å². The molecule has 0 radical (unpaired) electrons. The molecule has 0 spiro atoms. The highest BCUT2D eigenvalue weighted by Gasteiger charge is 2.34. The minimum Gasteiger partial charge on any atom is -0.480 e.